The van der Waals surface area contributed by atoms with Gasteiger partial charge in [-0.15, -0.1) is 0 Å². The van der Waals surface area contributed by atoms with Crippen LogP contribution in [0.1, 0.15) is 69.5 Å². The molecule has 0 saturated heterocycles. The normalized spacial score (nSPS) is 12.0. The van der Waals surface area contributed by atoms with Gasteiger partial charge in [0.25, 0.3) is 0 Å². The number of aryl methyl sites for hydroxylation is 4. The summed E-state index contributed by atoms with van der Waals surface area (Å²) in [6.45, 7) is 11.1. The molecule has 0 aliphatic heterocycles. The van der Waals surface area contributed by atoms with Gasteiger partial charge in [-0.05, 0) is 146 Å². The van der Waals surface area contributed by atoms with Crippen molar-refractivity contribution in [3.63, 3.8) is 0 Å². The van der Waals surface area contributed by atoms with E-state index in [1.807, 2.05) is 65.8 Å². The number of phenols is 8. The van der Waals surface area contributed by atoms with Gasteiger partial charge in [0.05, 0.1) is 0 Å². The smallest absolute Gasteiger partial charge is 0.157 e. The molecule has 0 atom stereocenters. The van der Waals surface area contributed by atoms with Crippen molar-refractivity contribution in [2.24, 2.45) is 0 Å². The van der Waals surface area contributed by atoms with Gasteiger partial charge in [-0.1, -0.05) is 24.3 Å². The van der Waals surface area contributed by atoms with Crippen molar-refractivity contribution in [3.05, 3.63) is 128 Å². The van der Waals surface area contributed by atoms with E-state index in [-0.39, 0.29) is 46.0 Å². The fourth-order valence-corrected chi connectivity index (χ4v) is 6.93. The molecule has 5 aromatic rings. The zero-order valence-electron chi connectivity index (χ0n) is 26.5. The SMILES string of the molecule is Cc1cc(O)c(O)cc1C(C)(c1ccc(C(C)(c2cc(O)c(O)cc2C)c2cc(O)c(O)cc2C)cc1)c1cc(O)c(O)cc1C. The van der Waals surface area contributed by atoms with Crippen LogP contribution in [0.15, 0.2) is 72.8 Å². The molecule has 5 aromatic carbocycles. The highest BCUT2D eigenvalue weighted by Gasteiger charge is 2.38. The summed E-state index contributed by atoms with van der Waals surface area (Å²) >= 11 is 0. The number of hydrogen-bond donors (Lipinski definition) is 8. The van der Waals surface area contributed by atoms with Crippen molar-refractivity contribution in [1.29, 1.82) is 0 Å². The maximum Gasteiger partial charge on any atom is 0.157 e. The molecule has 0 amide bonds. The Balaban J connectivity index is 1.81. The van der Waals surface area contributed by atoms with Crippen molar-refractivity contribution in [2.75, 3.05) is 0 Å². The van der Waals surface area contributed by atoms with Crippen molar-refractivity contribution in [1.82, 2.24) is 0 Å². The Morgan fingerprint density at radius 1 is 0.326 bits per heavy atom. The number of hydrogen-bond acceptors (Lipinski definition) is 8. The Morgan fingerprint density at radius 3 is 0.696 bits per heavy atom. The second-order valence-corrected chi connectivity index (χ2v) is 12.5. The lowest BCUT2D eigenvalue weighted by molar-refractivity contribution is 0.400. The molecule has 0 unspecified atom stereocenters. The summed E-state index contributed by atoms with van der Waals surface area (Å²) in [5.41, 5.74) is 4.88. The average Bonchev–Trinajstić information content (AvgIpc) is 3.00. The summed E-state index contributed by atoms with van der Waals surface area (Å²) < 4.78 is 0. The van der Waals surface area contributed by atoms with E-state index in [9.17, 15) is 40.9 Å². The molecule has 0 bridgehead atoms. The highest BCUT2D eigenvalue weighted by Crippen LogP contribution is 2.49. The van der Waals surface area contributed by atoms with Gasteiger partial charge in [-0.25, -0.2) is 0 Å². The number of aromatic hydroxyl groups is 8. The van der Waals surface area contributed by atoms with Crippen LogP contribution in [0.25, 0.3) is 0 Å². The molecule has 0 fully saturated rings. The first-order chi connectivity index (χ1) is 21.5. The van der Waals surface area contributed by atoms with Crippen LogP contribution in [0.5, 0.6) is 46.0 Å². The number of benzene rings is 5. The monoisotopic (exact) mass is 622 g/mol. The molecule has 0 heterocycles. The summed E-state index contributed by atoms with van der Waals surface area (Å²) in [5.74, 6) is -2.27. The van der Waals surface area contributed by atoms with Gasteiger partial charge in [-0.2, -0.15) is 0 Å². The Labute approximate surface area is 267 Å². The summed E-state index contributed by atoms with van der Waals surface area (Å²) in [6.07, 6.45) is 0. The van der Waals surface area contributed by atoms with E-state index in [1.165, 1.54) is 48.5 Å². The molecule has 8 heteroatoms. The molecular formula is C38H38O8. The second kappa shape index (κ2) is 11.1. The van der Waals surface area contributed by atoms with E-state index in [4.69, 9.17) is 0 Å². The van der Waals surface area contributed by atoms with Crippen molar-refractivity contribution in [3.8, 4) is 46.0 Å². The molecule has 0 aliphatic rings. The summed E-state index contributed by atoms with van der Waals surface area (Å²) in [5, 5.41) is 83.2. The van der Waals surface area contributed by atoms with Gasteiger partial charge in [0.2, 0.25) is 0 Å². The van der Waals surface area contributed by atoms with Crippen LogP contribution in [-0.2, 0) is 10.8 Å². The third kappa shape index (κ3) is 4.96. The molecule has 0 aliphatic carbocycles. The summed E-state index contributed by atoms with van der Waals surface area (Å²) in [4.78, 5) is 0. The summed E-state index contributed by atoms with van der Waals surface area (Å²) in [6, 6.07) is 19.5. The predicted molar refractivity (Wildman–Crippen MR) is 176 cm³/mol. The van der Waals surface area contributed by atoms with Gasteiger partial charge in [0.15, 0.2) is 46.0 Å². The molecule has 0 radical (unpaired) electrons. The van der Waals surface area contributed by atoms with Gasteiger partial charge in [0, 0.05) is 10.8 Å². The van der Waals surface area contributed by atoms with Gasteiger partial charge in [0.1, 0.15) is 0 Å². The van der Waals surface area contributed by atoms with Crippen LogP contribution in [0.4, 0.5) is 0 Å². The molecule has 8 N–H and O–H groups in total. The number of phenolic OH excluding ortho intramolecular Hbond substituents is 8. The molecule has 0 saturated carbocycles. The van der Waals surface area contributed by atoms with Crippen LogP contribution in [0.3, 0.4) is 0 Å². The largest absolute Gasteiger partial charge is 0.504 e. The molecule has 8 nitrogen and oxygen atoms in total. The van der Waals surface area contributed by atoms with Crippen molar-refractivity contribution < 1.29 is 40.9 Å². The fourth-order valence-electron chi connectivity index (χ4n) is 6.93. The van der Waals surface area contributed by atoms with Crippen LogP contribution in [0, 0.1) is 27.7 Å². The first-order valence-electron chi connectivity index (χ1n) is 14.7. The predicted octanol–water partition coefficient (Wildman–Crippen LogP) is 7.27. The van der Waals surface area contributed by atoms with Crippen LogP contribution in [-0.4, -0.2) is 40.9 Å². The highest BCUT2D eigenvalue weighted by atomic mass is 16.3. The minimum Gasteiger partial charge on any atom is -0.504 e. The lowest BCUT2D eigenvalue weighted by Gasteiger charge is -2.37. The van der Waals surface area contributed by atoms with E-state index in [0.717, 1.165) is 11.1 Å². The topological polar surface area (TPSA) is 162 Å². The lowest BCUT2D eigenvalue weighted by atomic mass is 9.66. The van der Waals surface area contributed by atoms with Crippen molar-refractivity contribution >= 4 is 0 Å². The van der Waals surface area contributed by atoms with Crippen LogP contribution in [0.2, 0.25) is 0 Å². The molecule has 238 valence electrons. The molecule has 0 spiro atoms. The third-order valence-corrected chi connectivity index (χ3v) is 9.48. The third-order valence-electron chi connectivity index (χ3n) is 9.48. The van der Waals surface area contributed by atoms with Crippen LogP contribution >= 0.6 is 0 Å². The van der Waals surface area contributed by atoms with E-state index >= 15 is 0 Å². The molecule has 5 rings (SSSR count). The first kappa shape index (κ1) is 31.9. The van der Waals surface area contributed by atoms with E-state index in [2.05, 4.69) is 0 Å². The Morgan fingerprint density at radius 2 is 0.500 bits per heavy atom. The maximum atomic E-state index is 10.6. The van der Waals surface area contributed by atoms with E-state index < -0.39 is 10.8 Å². The van der Waals surface area contributed by atoms with E-state index in [0.29, 0.717) is 44.5 Å². The quantitative estimate of drug-likeness (QED) is 0.0724. The van der Waals surface area contributed by atoms with Gasteiger partial charge < -0.3 is 40.9 Å². The standard InChI is InChI=1S/C38H38O8/c1-19-11-29(39)33(43)15-25(19)37(5,26-16-34(44)30(40)12-20(26)2)23-7-9-24(10-8-23)38(6,27-17-35(45)31(41)13-21(27)3)28-18-36(46)32(42)14-22(28)4/h7-18,39-46H,1-6H3. The van der Waals surface area contributed by atoms with Gasteiger partial charge in [-0.3, -0.25) is 0 Å². The lowest BCUT2D eigenvalue weighted by Crippen LogP contribution is -2.29. The minimum absolute atomic E-state index is 0.264. The minimum atomic E-state index is -1.00. The summed E-state index contributed by atoms with van der Waals surface area (Å²) in [7, 11) is 0. The Hall–Kier alpha value is -5.50. The first-order valence-corrected chi connectivity index (χ1v) is 14.7. The van der Waals surface area contributed by atoms with Crippen LogP contribution < -0.4 is 0 Å². The molecule has 0 aromatic heterocycles. The van der Waals surface area contributed by atoms with Gasteiger partial charge >= 0.3 is 0 Å². The van der Waals surface area contributed by atoms with E-state index in [1.54, 1.807) is 0 Å². The Bertz CT molecular complexity index is 1730. The molecule has 46 heavy (non-hydrogen) atoms. The Kier molecular flexibility index (Phi) is 7.73. The number of rotatable bonds is 6. The fraction of sp³-hybridized carbons (Fsp3) is 0.211. The molecular weight excluding hydrogens is 584 g/mol. The highest BCUT2D eigenvalue weighted by molar-refractivity contribution is 5.64. The zero-order valence-corrected chi connectivity index (χ0v) is 26.5. The van der Waals surface area contributed by atoms with Crippen molar-refractivity contribution in [2.45, 2.75) is 52.4 Å². The maximum absolute atomic E-state index is 10.6. The second-order valence-electron chi connectivity index (χ2n) is 12.5. The zero-order chi connectivity index (χ0) is 33.9. The average molecular weight is 623 g/mol.